The van der Waals surface area contributed by atoms with E-state index in [2.05, 4.69) is 15.6 Å². The average Bonchev–Trinajstić information content (AvgIpc) is 3.34. The molecule has 0 bridgehead atoms. The number of nitrogens with zero attached hydrogens (tertiary/aromatic N) is 1. The van der Waals surface area contributed by atoms with Crippen LogP contribution in [-0.2, 0) is 20.7 Å². The number of carbonyl (C=O) groups excluding carboxylic acids is 2. The maximum Gasteiger partial charge on any atom is 0.228 e. The standard InChI is InChI=1S/C19H21ClFN3O3S/c1-10-19(24-18(26)15-9-14(15)17(25)22-3-4-27-2)28-16(23-10)7-11-5-12(20)8-13(21)6-11/h5-6,8,14-15H,3-4,7,9H2,1-2H3,(H,22,25)(H,24,26)/t14-,15-/m1/s1. The van der Waals surface area contributed by atoms with Crippen LogP contribution in [0.2, 0.25) is 5.02 Å². The third kappa shape index (κ3) is 5.27. The van der Waals surface area contributed by atoms with E-state index < -0.39 is 5.82 Å². The van der Waals surface area contributed by atoms with E-state index >= 15 is 0 Å². The van der Waals surface area contributed by atoms with Gasteiger partial charge in [-0.2, -0.15) is 0 Å². The van der Waals surface area contributed by atoms with Crippen molar-refractivity contribution < 1.29 is 18.7 Å². The summed E-state index contributed by atoms with van der Waals surface area (Å²) in [4.78, 5) is 28.9. The highest BCUT2D eigenvalue weighted by Gasteiger charge is 2.48. The van der Waals surface area contributed by atoms with Gasteiger partial charge in [-0.1, -0.05) is 11.6 Å². The van der Waals surface area contributed by atoms with Crippen molar-refractivity contribution in [1.29, 1.82) is 0 Å². The van der Waals surface area contributed by atoms with Gasteiger partial charge in [0.1, 0.15) is 10.8 Å². The molecular weight excluding hydrogens is 405 g/mol. The second-order valence-corrected chi connectivity index (χ2v) is 8.22. The average molecular weight is 426 g/mol. The number of amides is 2. The van der Waals surface area contributed by atoms with Gasteiger partial charge in [0, 0.05) is 25.1 Å². The van der Waals surface area contributed by atoms with Crippen LogP contribution in [0.4, 0.5) is 9.39 Å². The number of hydrogen-bond donors (Lipinski definition) is 2. The van der Waals surface area contributed by atoms with Crippen molar-refractivity contribution in [3.63, 3.8) is 0 Å². The predicted octanol–water partition coefficient (Wildman–Crippen LogP) is 3.17. The van der Waals surface area contributed by atoms with Gasteiger partial charge >= 0.3 is 0 Å². The molecule has 2 atom stereocenters. The molecule has 0 spiro atoms. The second-order valence-electron chi connectivity index (χ2n) is 6.70. The first kappa shape index (κ1) is 20.7. The summed E-state index contributed by atoms with van der Waals surface area (Å²) in [7, 11) is 1.56. The van der Waals surface area contributed by atoms with E-state index in [1.54, 1.807) is 20.1 Å². The van der Waals surface area contributed by atoms with Crippen molar-refractivity contribution >= 4 is 39.8 Å². The lowest BCUT2D eigenvalue weighted by atomic mass is 10.1. The van der Waals surface area contributed by atoms with Crippen molar-refractivity contribution in [2.75, 3.05) is 25.6 Å². The van der Waals surface area contributed by atoms with Crippen LogP contribution < -0.4 is 10.6 Å². The predicted molar refractivity (Wildman–Crippen MR) is 106 cm³/mol. The third-order valence-corrected chi connectivity index (χ3v) is 5.72. The molecule has 1 aromatic carbocycles. The molecule has 2 amide bonds. The molecule has 1 aliphatic carbocycles. The van der Waals surface area contributed by atoms with Crippen LogP contribution in [0.3, 0.4) is 0 Å². The van der Waals surface area contributed by atoms with E-state index in [1.807, 2.05) is 0 Å². The van der Waals surface area contributed by atoms with E-state index in [1.165, 1.54) is 23.5 Å². The molecule has 1 heterocycles. The molecule has 1 saturated carbocycles. The van der Waals surface area contributed by atoms with Crippen molar-refractivity contribution in [2.24, 2.45) is 11.8 Å². The molecule has 1 fully saturated rings. The number of aromatic nitrogens is 1. The largest absolute Gasteiger partial charge is 0.383 e. The Labute approximate surface area is 171 Å². The first-order chi connectivity index (χ1) is 13.4. The minimum atomic E-state index is -0.396. The lowest BCUT2D eigenvalue weighted by Gasteiger charge is -2.04. The summed E-state index contributed by atoms with van der Waals surface area (Å²) < 4.78 is 18.4. The van der Waals surface area contributed by atoms with Gasteiger partial charge in [0.2, 0.25) is 11.8 Å². The van der Waals surface area contributed by atoms with Gasteiger partial charge < -0.3 is 15.4 Å². The Kier molecular flexibility index (Phi) is 6.64. The number of ether oxygens (including phenoxy) is 1. The number of rotatable bonds is 8. The molecule has 1 aromatic heterocycles. The second kappa shape index (κ2) is 8.98. The summed E-state index contributed by atoms with van der Waals surface area (Å²) >= 11 is 7.23. The summed E-state index contributed by atoms with van der Waals surface area (Å²) in [5.41, 5.74) is 1.41. The van der Waals surface area contributed by atoms with Gasteiger partial charge in [0.25, 0.3) is 0 Å². The molecule has 2 aromatic rings. The van der Waals surface area contributed by atoms with Gasteiger partial charge in [0.05, 0.1) is 29.1 Å². The number of thiazole rings is 1. The summed E-state index contributed by atoms with van der Waals surface area (Å²) in [5.74, 6) is -1.32. The lowest BCUT2D eigenvalue weighted by Crippen LogP contribution is -2.30. The zero-order valence-electron chi connectivity index (χ0n) is 15.6. The fraction of sp³-hybridized carbons (Fsp3) is 0.421. The molecule has 9 heteroatoms. The summed E-state index contributed by atoms with van der Waals surface area (Å²) in [6.45, 7) is 2.67. The molecule has 0 saturated heterocycles. The Bertz CT molecular complexity index is 869. The first-order valence-corrected chi connectivity index (χ1v) is 10.1. The van der Waals surface area contributed by atoms with E-state index in [-0.39, 0.29) is 23.7 Å². The Balaban J connectivity index is 1.57. The van der Waals surface area contributed by atoms with Gasteiger partial charge in [-0.25, -0.2) is 9.37 Å². The van der Waals surface area contributed by atoms with Crippen molar-refractivity contribution in [3.05, 3.63) is 45.3 Å². The molecule has 150 valence electrons. The van der Waals surface area contributed by atoms with Gasteiger partial charge in [-0.3, -0.25) is 9.59 Å². The third-order valence-electron chi connectivity index (χ3n) is 4.42. The SMILES string of the molecule is COCCNC(=O)[C@@H]1C[C@H]1C(=O)Nc1sc(Cc2cc(F)cc(Cl)c2)nc1C. The van der Waals surface area contributed by atoms with Crippen LogP contribution in [0.1, 0.15) is 22.7 Å². The molecule has 0 unspecified atom stereocenters. The van der Waals surface area contributed by atoms with Crippen LogP contribution in [0, 0.1) is 24.6 Å². The summed E-state index contributed by atoms with van der Waals surface area (Å²) in [6.07, 6.45) is 0.962. The highest BCUT2D eigenvalue weighted by atomic mass is 35.5. The number of benzene rings is 1. The maximum absolute atomic E-state index is 13.5. The molecule has 28 heavy (non-hydrogen) atoms. The summed E-state index contributed by atoms with van der Waals surface area (Å²) in [6, 6.07) is 4.36. The molecular formula is C19H21ClFN3O3S. The Morgan fingerprint density at radius 3 is 2.79 bits per heavy atom. The Morgan fingerprint density at radius 2 is 2.07 bits per heavy atom. The zero-order valence-corrected chi connectivity index (χ0v) is 17.1. The lowest BCUT2D eigenvalue weighted by molar-refractivity contribution is -0.125. The number of halogens is 2. The van der Waals surface area contributed by atoms with Gasteiger partial charge in [-0.05, 0) is 37.1 Å². The van der Waals surface area contributed by atoms with Crippen LogP contribution in [-0.4, -0.2) is 37.1 Å². The minimum absolute atomic E-state index is 0.123. The number of anilines is 1. The number of carbonyl (C=O) groups is 2. The highest BCUT2D eigenvalue weighted by molar-refractivity contribution is 7.16. The molecule has 0 radical (unpaired) electrons. The monoisotopic (exact) mass is 425 g/mol. The summed E-state index contributed by atoms with van der Waals surface area (Å²) in [5, 5.41) is 7.35. The number of aryl methyl sites for hydroxylation is 1. The molecule has 0 aliphatic heterocycles. The van der Waals surface area contributed by atoms with Gasteiger partial charge in [-0.15, -0.1) is 11.3 Å². The van der Waals surface area contributed by atoms with Gasteiger partial charge in [0.15, 0.2) is 0 Å². The Morgan fingerprint density at radius 1 is 1.32 bits per heavy atom. The Hall–Kier alpha value is -2.03. The maximum atomic E-state index is 13.5. The topological polar surface area (TPSA) is 80.3 Å². The van der Waals surface area contributed by atoms with Crippen LogP contribution in [0.15, 0.2) is 18.2 Å². The number of hydrogen-bond acceptors (Lipinski definition) is 5. The van der Waals surface area contributed by atoms with E-state index in [0.717, 1.165) is 5.01 Å². The van der Waals surface area contributed by atoms with Crippen molar-refractivity contribution in [3.8, 4) is 0 Å². The van der Waals surface area contributed by atoms with Crippen molar-refractivity contribution in [1.82, 2.24) is 10.3 Å². The fourth-order valence-corrected chi connectivity index (χ4v) is 4.16. The quantitative estimate of drug-likeness (QED) is 0.636. The van der Waals surface area contributed by atoms with E-state index in [9.17, 15) is 14.0 Å². The number of nitrogens with one attached hydrogen (secondary N) is 2. The van der Waals surface area contributed by atoms with E-state index in [4.69, 9.17) is 16.3 Å². The normalized spacial score (nSPS) is 18.0. The minimum Gasteiger partial charge on any atom is -0.383 e. The molecule has 6 nitrogen and oxygen atoms in total. The fourth-order valence-electron chi connectivity index (χ4n) is 2.92. The van der Waals surface area contributed by atoms with Crippen LogP contribution in [0.5, 0.6) is 0 Å². The molecule has 3 rings (SSSR count). The van der Waals surface area contributed by atoms with Crippen LogP contribution >= 0.6 is 22.9 Å². The molecule has 2 N–H and O–H groups in total. The van der Waals surface area contributed by atoms with Crippen LogP contribution in [0.25, 0.3) is 0 Å². The van der Waals surface area contributed by atoms with E-state index in [0.29, 0.717) is 47.3 Å². The highest BCUT2D eigenvalue weighted by Crippen LogP contribution is 2.40. The number of methoxy groups -OCH3 is 1. The smallest absolute Gasteiger partial charge is 0.228 e. The molecule has 1 aliphatic rings. The first-order valence-electron chi connectivity index (χ1n) is 8.86. The zero-order chi connectivity index (χ0) is 20.3. The van der Waals surface area contributed by atoms with Crippen molar-refractivity contribution in [2.45, 2.75) is 19.8 Å².